The number of hydrogen-bond acceptors (Lipinski definition) is 2. The Morgan fingerprint density at radius 2 is 2.38 bits per heavy atom. The molecule has 0 aromatic carbocycles. The molecule has 8 heavy (non-hydrogen) atoms. The fourth-order valence-corrected chi connectivity index (χ4v) is 0.199. The van der Waals surface area contributed by atoms with Crippen LogP contribution in [-0.4, -0.2) is 18.4 Å². The highest BCUT2D eigenvalue weighted by molar-refractivity contribution is 5.50. The first-order chi connectivity index (χ1) is 3.68. The topological polar surface area (TPSA) is 41.6 Å². The van der Waals surface area contributed by atoms with E-state index < -0.39 is 0 Å². The molecule has 46 valence electrons. The van der Waals surface area contributed by atoms with Gasteiger partial charge in [-0.15, -0.1) is 0 Å². The van der Waals surface area contributed by atoms with E-state index in [4.69, 9.17) is 5.73 Å². The van der Waals surface area contributed by atoms with E-state index in [2.05, 4.69) is 11.7 Å². The van der Waals surface area contributed by atoms with Gasteiger partial charge in [0.05, 0.1) is 0 Å². The third kappa shape index (κ3) is 2.23. The van der Waals surface area contributed by atoms with Crippen molar-refractivity contribution in [3.63, 3.8) is 0 Å². The van der Waals surface area contributed by atoms with E-state index in [9.17, 15) is 0 Å². The van der Waals surface area contributed by atoms with Crippen LogP contribution < -0.4 is 5.73 Å². The Balaban J connectivity index is 3.64. The SMILES string of the molecule is C=C(C)N(C)/N=C\N. The van der Waals surface area contributed by atoms with E-state index in [0.29, 0.717) is 0 Å². The number of hydrogen-bond donors (Lipinski definition) is 1. The average Bonchev–Trinajstić information content (AvgIpc) is 1.67. The lowest BCUT2D eigenvalue weighted by molar-refractivity contribution is 0.451. The smallest absolute Gasteiger partial charge is 0.106 e. The molecule has 0 aliphatic carbocycles. The van der Waals surface area contributed by atoms with Gasteiger partial charge in [0.25, 0.3) is 0 Å². The minimum atomic E-state index is 0.867. The predicted octanol–water partition coefficient (Wildman–Crippen LogP) is 0.354. The summed E-state index contributed by atoms with van der Waals surface area (Å²) in [7, 11) is 1.78. The van der Waals surface area contributed by atoms with Crippen LogP contribution in [0.4, 0.5) is 0 Å². The second-order valence-corrected chi connectivity index (χ2v) is 1.52. The highest BCUT2D eigenvalue weighted by Gasteiger charge is 1.86. The van der Waals surface area contributed by atoms with E-state index >= 15 is 0 Å². The highest BCUT2D eigenvalue weighted by Crippen LogP contribution is 1.92. The van der Waals surface area contributed by atoms with Crippen molar-refractivity contribution in [1.82, 2.24) is 5.01 Å². The van der Waals surface area contributed by atoms with Gasteiger partial charge in [0.2, 0.25) is 0 Å². The summed E-state index contributed by atoms with van der Waals surface area (Å²) in [4.78, 5) is 0. The molecule has 3 heteroatoms. The van der Waals surface area contributed by atoms with E-state index in [1.807, 2.05) is 6.92 Å². The summed E-state index contributed by atoms with van der Waals surface area (Å²) in [5, 5.41) is 5.31. The second kappa shape index (κ2) is 3.07. The quantitative estimate of drug-likeness (QED) is 0.319. The van der Waals surface area contributed by atoms with Crippen molar-refractivity contribution in [2.45, 2.75) is 6.92 Å². The molecule has 3 nitrogen and oxygen atoms in total. The summed E-state index contributed by atoms with van der Waals surface area (Å²) in [6.45, 7) is 5.48. The number of hydrazone groups is 1. The van der Waals surface area contributed by atoms with Gasteiger partial charge in [-0.2, -0.15) is 5.10 Å². The lowest BCUT2D eigenvalue weighted by Gasteiger charge is -2.09. The van der Waals surface area contributed by atoms with Crippen molar-refractivity contribution >= 4 is 6.34 Å². The molecule has 0 aromatic rings. The molecular weight excluding hydrogens is 102 g/mol. The predicted molar refractivity (Wildman–Crippen MR) is 35.3 cm³/mol. The zero-order valence-corrected chi connectivity index (χ0v) is 5.26. The minimum Gasteiger partial charge on any atom is -0.388 e. The Morgan fingerprint density at radius 3 is 2.50 bits per heavy atom. The fraction of sp³-hybridized carbons (Fsp3) is 0.400. The van der Waals surface area contributed by atoms with E-state index in [1.54, 1.807) is 12.1 Å². The van der Waals surface area contributed by atoms with Gasteiger partial charge in [-0.3, -0.25) is 5.01 Å². The Hall–Kier alpha value is -0.990. The van der Waals surface area contributed by atoms with Crippen molar-refractivity contribution in [2.24, 2.45) is 10.8 Å². The standard InChI is InChI=1S/C5H11N3/c1-5(2)8(3)7-4-6/h4H,1H2,2-3H3,(H2,6,7). The molecule has 0 amide bonds. The summed E-state index contributed by atoms with van der Waals surface area (Å²) in [5.74, 6) is 0. The Labute approximate surface area is 49.5 Å². The molecule has 0 saturated heterocycles. The third-order valence-electron chi connectivity index (χ3n) is 0.792. The van der Waals surface area contributed by atoms with Crippen LogP contribution in [-0.2, 0) is 0 Å². The molecule has 0 unspecified atom stereocenters. The maximum Gasteiger partial charge on any atom is 0.106 e. The molecule has 0 fully saturated rings. The normalized spacial score (nSPS) is 9.75. The van der Waals surface area contributed by atoms with Gasteiger partial charge in [-0.05, 0) is 6.92 Å². The Morgan fingerprint density at radius 1 is 1.88 bits per heavy atom. The molecule has 2 N–H and O–H groups in total. The lowest BCUT2D eigenvalue weighted by Crippen LogP contribution is -2.08. The first-order valence-electron chi connectivity index (χ1n) is 2.32. The highest BCUT2D eigenvalue weighted by atomic mass is 15.4. The molecule has 0 atom stereocenters. The van der Waals surface area contributed by atoms with Gasteiger partial charge in [-0.1, -0.05) is 6.58 Å². The summed E-state index contributed by atoms with van der Waals surface area (Å²) in [6, 6.07) is 0. The van der Waals surface area contributed by atoms with Gasteiger partial charge < -0.3 is 5.73 Å². The van der Waals surface area contributed by atoms with Crippen LogP contribution in [0.5, 0.6) is 0 Å². The first kappa shape index (κ1) is 7.01. The van der Waals surface area contributed by atoms with Crippen LogP contribution in [0.1, 0.15) is 6.92 Å². The lowest BCUT2D eigenvalue weighted by atomic mass is 10.6. The average molecular weight is 113 g/mol. The van der Waals surface area contributed by atoms with Crippen LogP contribution in [0.3, 0.4) is 0 Å². The van der Waals surface area contributed by atoms with Crippen LogP contribution in [0.15, 0.2) is 17.4 Å². The largest absolute Gasteiger partial charge is 0.388 e. The zero-order chi connectivity index (χ0) is 6.57. The maximum absolute atomic E-state index is 4.99. The minimum absolute atomic E-state index is 0.867. The first-order valence-corrected chi connectivity index (χ1v) is 2.32. The molecule has 0 aromatic heterocycles. The zero-order valence-electron chi connectivity index (χ0n) is 5.26. The third-order valence-corrected chi connectivity index (χ3v) is 0.792. The molecule has 0 spiro atoms. The van der Waals surface area contributed by atoms with Crippen molar-refractivity contribution < 1.29 is 0 Å². The number of nitrogens with two attached hydrogens (primary N) is 1. The van der Waals surface area contributed by atoms with E-state index in [0.717, 1.165) is 5.70 Å². The Kier molecular flexibility index (Phi) is 2.69. The van der Waals surface area contributed by atoms with Gasteiger partial charge in [0.15, 0.2) is 0 Å². The Bertz CT molecular complexity index is 106. The summed E-state index contributed by atoms with van der Waals surface area (Å²) in [5.41, 5.74) is 5.86. The summed E-state index contributed by atoms with van der Waals surface area (Å²) in [6.07, 6.45) is 1.23. The van der Waals surface area contributed by atoms with Gasteiger partial charge in [-0.25, -0.2) is 0 Å². The van der Waals surface area contributed by atoms with Crippen molar-refractivity contribution in [3.05, 3.63) is 12.3 Å². The van der Waals surface area contributed by atoms with E-state index in [1.165, 1.54) is 6.34 Å². The van der Waals surface area contributed by atoms with Crippen LogP contribution >= 0.6 is 0 Å². The fourth-order valence-electron chi connectivity index (χ4n) is 0.199. The van der Waals surface area contributed by atoms with Crippen LogP contribution in [0.2, 0.25) is 0 Å². The van der Waals surface area contributed by atoms with Crippen molar-refractivity contribution in [2.75, 3.05) is 7.05 Å². The number of rotatable bonds is 2. The van der Waals surface area contributed by atoms with Crippen molar-refractivity contribution in [1.29, 1.82) is 0 Å². The molecule has 0 saturated carbocycles. The molecule has 0 aliphatic heterocycles. The van der Waals surface area contributed by atoms with E-state index in [-0.39, 0.29) is 0 Å². The number of allylic oxidation sites excluding steroid dienone is 1. The van der Waals surface area contributed by atoms with Gasteiger partial charge in [0, 0.05) is 12.7 Å². The number of nitrogens with zero attached hydrogens (tertiary/aromatic N) is 2. The van der Waals surface area contributed by atoms with Gasteiger partial charge >= 0.3 is 0 Å². The summed E-state index contributed by atoms with van der Waals surface area (Å²) < 4.78 is 0. The second-order valence-electron chi connectivity index (χ2n) is 1.52. The van der Waals surface area contributed by atoms with Crippen LogP contribution in [0.25, 0.3) is 0 Å². The molecule has 0 heterocycles. The maximum atomic E-state index is 4.99. The molecule has 0 radical (unpaired) electrons. The molecule has 0 rings (SSSR count). The van der Waals surface area contributed by atoms with Crippen molar-refractivity contribution in [3.8, 4) is 0 Å². The molecule has 0 aliphatic rings. The molecule has 0 bridgehead atoms. The van der Waals surface area contributed by atoms with Crippen LogP contribution in [0, 0.1) is 0 Å². The van der Waals surface area contributed by atoms with Gasteiger partial charge in [0.1, 0.15) is 6.34 Å². The monoisotopic (exact) mass is 113 g/mol. The molecular formula is C5H11N3. The summed E-state index contributed by atoms with van der Waals surface area (Å²) >= 11 is 0.